The highest BCUT2D eigenvalue weighted by Crippen LogP contribution is 2.02. The van der Waals surface area contributed by atoms with Crippen LogP contribution in [0.5, 0.6) is 0 Å². The molecule has 18 heavy (non-hydrogen) atoms. The van der Waals surface area contributed by atoms with Gasteiger partial charge in [-0.25, -0.2) is 9.18 Å². The van der Waals surface area contributed by atoms with Crippen LogP contribution in [-0.2, 0) is 6.42 Å². The van der Waals surface area contributed by atoms with E-state index >= 15 is 0 Å². The molecule has 0 aliphatic rings. The number of rotatable bonds is 5. The van der Waals surface area contributed by atoms with Crippen molar-refractivity contribution in [1.82, 2.24) is 10.6 Å². The van der Waals surface area contributed by atoms with Gasteiger partial charge < -0.3 is 10.6 Å². The van der Waals surface area contributed by atoms with Crippen molar-refractivity contribution in [3.8, 4) is 0 Å². The topological polar surface area (TPSA) is 41.1 Å². The van der Waals surface area contributed by atoms with E-state index in [-0.39, 0.29) is 11.8 Å². The number of carbonyl (C=O) groups excluding carboxylic acids is 1. The number of amides is 2. The van der Waals surface area contributed by atoms with E-state index in [1.165, 1.54) is 12.1 Å². The molecule has 4 heteroatoms. The average Bonchev–Trinajstić information content (AvgIpc) is 2.31. The number of benzene rings is 1. The summed E-state index contributed by atoms with van der Waals surface area (Å²) in [5.74, 6) is 0.160. The van der Waals surface area contributed by atoms with Gasteiger partial charge in [0.25, 0.3) is 0 Å². The highest BCUT2D eigenvalue weighted by Gasteiger charge is 1.98. The van der Waals surface area contributed by atoms with Crippen LogP contribution in [0, 0.1) is 11.7 Å². The van der Waals surface area contributed by atoms with E-state index in [9.17, 15) is 9.18 Å². The fraction of sp³-hybridized carbons (Fsp3) is 0.357. The second-order valence-electron chi connectivity index (χ2n) is 4.38. The van der Waals surface area contributed by atoms with E-state index in [4.69, 9.17) is 0 Å². The summed E-state index contributed by atoms with van der Waals surface area (Å²) in [6, 6.07) is 6.04. The molecule has 0 spiro atoms. The van der Waals surface area contributed by atoms with Gasteiger partial charge in [-0.3, -0.25) is 0 Å². The highest BCUT2D eigenvalue weighted by molar-refractivity contribution is 5.74. The van der Waals surface area contributed by atoms with Crippen LogP contribution < -0.4 is 10.6 Å². The lowest BCUT2D eigenvalue weighted by atomic mass is 10.1. The summed E-state index contributed by atoms with van der Waals surface area (Å²) in [5, 5.41) is 5.34. The Morgan fingerprint density at radius 3 is 2.61 bits per heavy atom. The van der Waals surface area contributed by atoms with Crippen molar-refractivity contribution in [2.45, 2.75) is 20.3 Å². The predicted molar refractivity (Wildman–Crippen MR) is 70.6 cm³/mol. The molecule has 98 valence electrons. The zero-order valence-corrected chi connectivity index (χ0v) is 10.7. The fourth-order valence-corrected chi connectivity index (χ4v) is 1.34. The van der Waals surface area contributed by atoms with Crippen molar-refractivity contribution >= 4 is 6.03 Å². The summed E-state index contributed by atoms with van der Waals surface area (Å²) in [5.41, 5.74) is 0.995. The Hall–Kier alpha value is -1.84. The van der Waals surface area contributed by atoms with Crippen LogP contribution >= 0.6 is 0 Å². The molecule has 0 aliphatic heterocycles. The SMILES string of the molecule is CC(C)/C=C/NC(=O)NCCc1ccc(F)cc1. The monoisotopic (exact) mass is 250 g/mol. The van der Waals surface area contributed by atoms with Gasteiger partial charge in [0.05, 0.1) is 0 Å². The Labute approximate surface area is 107 Å². The molecule has 0 saturated carbocycles. The van der Waals surface area contributed by atoms with Crippen molar-refractivity contribution in [2.24, 2.45) is 5.92 Å². The minimum atomic E-state index is -0.247. The molecule has 0 unspecified atom stereocenters. The highest BCUT2D eigenvalue weighted by atomic mass is 19.1. The van der Waals surface area contributed by atoms with Crippen LogP contribution in [0.2, 0.25) is 0 Å². The van der Waals surface area contributed by atoms with Gasteiger partial charge in [-0.05, 0) is 30.0 Å². The third-order valence-electron chi connectivity index (χ3n) is 2.31. The van der Waals surface area contributed by atoms with Gasteiger partial charge in [-0.15, -0.1) is 0 Å². The first-order chi connectivity index (χ1) is 8.58. The summed E-state index contributed by atoms with van der Waals surface area (Å²) in [4.78, 5) is 11.3. The Bertz CT molecular complexity index is 399. The molecule has 3 nitrogen and oxygen atoms in total. The summed E-state index contributed by atoms with van der Waals surface area (Å²) < 4.78 is 12.7. The van der Waals surface area contributed by atoms with Crippen molar-refractivity contribution in [3.63, 3.8) is 0 Å². The lowest BCUT2D eigenvalue weighted by molar-refractivity contribution is 0.244. The van der Waals surface area contributed by atoms with Crippen molar-refractivity contribution in [1.29, 1.82) is 0 Å². The minimum Gasteiger partial charge on any atom is -0.338 e. The standard InChI is InChI=1S/C14H19FN2O/c1-11(2)7-9-16-14(18)17-10-8-12-3-5-13(15)6-4-12/h3-7,9,11H,8,10H2,1-2H3,(H2,16,17,18)/b9-7+. The van der Waals surface area contributed by atoms with Crippen LogP contribution in [0.1, 0.15) is 19.4 Å². The van der Waals surface area contributed by atoms with E-state index in [0.717, 1.165) is 5.56 Å². The molecule has 0 fully saturated rings. The molecule has 0 radical (unpaired) electrons. The van der Waals surface area contributed by atoms with E-state index in [2.05, 4.69) is 10.6 Å². The molecule has 0 atom stereocenters. The van der Waals surface area contributed by atoms with E-state index in [1.807, 2.05) is 19.9 Å². The molecule has 0 aromatic heterocycles. The summed E-state index contributed by atoms with van der Waals surface area (Å²) in [6.45, 7) is 4.59. The first kappa shape index (κ1) is 14.2. The summed E-state index contributed by atoms with van der Waals surface area (Å²) in [7, 11) is 0. The van der Waals surface area contributed by atoms with Crippen LogP contribution in [-0.4, -0.2) is 12.6 Å². The molecular weight excluding hydrogens is 231 g/mol. The zero-order chi connectivity index (χ0) is 13.4. The second kappa shape index (κ2) is 7.48. The molecule has 2 amide bonds. The van der Waals surface area contributed by atoms with Crippen LogP contribution in [0.25, 0.3) is 0 Å². The first-order valence-corrected chi connectivity index (χ1v) is 6.03. The van der Waals surface area contributed by atoms with Crippen molar-refractivity contribution in [2.75, 3.05) is 6.54 Å². The summed E-state index contributed by atoms with van der Waals surface area (Å²) >= 11 is 0. The predicted octanol–water partition coefficient (Wildman–Crippen LogP) is 2.84. The maximum absolute atomic E-state index is 12.7. The van der Waals surface area contributed by atoms with Crippen LogP contribution in [0.3, 0.4) is 0 Å². The summed E-state index contributed by atoms with van der Waals surface area (Å²) in [6.07, 6.45) is 4.22. The van der Waals surface area contributed by atoms with E-state index in [0.29, 0.717) is 18.9 Å². The molecule has 0 bridgehead atoms. The molecular formula is C14H19FN2O. The van der Waals surface area contributed by atoms with Gasteiger partial charge in [0.15, 0.2) is 0 Å². The number of hydrogen-bond acceptors (Lipinski definition) is 1. The van der Waals surface area contributed by atoms with Crippen LogP contribution in [0.15, 0.2) is 36.5 Å². The molecule has 1 aromatic rings. The number of halogens is 1. The number of nitrogens with one attached hydrogen (secondary N) is 2. The third-order valence-corrected chi connectivity index (χ3v) is 2.31. The number of hydrogen-bond donors (Lipinski definition) is 2. The second-order valence-corrected chi connectivity index (χ2v) is 4.38. The minimum absolute atomic E-state index is 0.228. The smallest absolute Gasteiger partial charge is 0.318 e. The maximum atomic E-state index is 12.7. The van der Waals surface area contributed by atoms with Crippen molar-refractivity contribution < 1.29 is 9.18 Å². The average molecular weight is 250 g/mol. The molecule has 1 rings (SSSR count). The van der Waals surface area contributed by atoms with Gasteiger partial charge >= 0.3 is 6.03 Å². The molecule has 1 aromatic carbocycles. The van der Waals surface area contributed by atoms with E-state index in [1.54, 1.807) is 18.3 Å². The van der Waals surface area contributed by atoms with Gasteiger partial charge in [0.1, 0.15) is 5.82 Å². The molecule has 2 N–H and O–H groups in total. The number of urea groups is 1. The van der Waals surface area contributed by atoms with Gasteiger partial charge in [-0.1, -0.05) is 32.1 Å². The lowest BCUT2D eigenvalue weighted by Crippen LogP contribution is -2.33. The van der Waals surface area contributed by atoms with E-state index < -0.39 is 0 Å². The molecule has 0 heterocycles. The number of carbonyl (C=O) groups is 1. The Balaban J connectivity index is 2.21. The molecule has 0 aliphatic carbocycles. The normalized spacial score (nSPS) is 10.9. The van der Waals surface area contributed by atoms with Gasteiger partial charge in [-0.2, -0.15) is 0 Å². The zero-order valence-electron chi connectivity index (χ0n) is 10.7. The Kier molecular flexibility index (Phi) is 5.91. The largest absolute Gasteiger partial charge is 0.338 e. The lowest BCUT2D eigenvalue weighted by Gasteiger charge is -2.05. The maximum Gasteiger partial charge on any atom is 0.318 e. The van der Waals surface area contributed by atoms with Crippen LogP contribution in [0.4, 0.5) is 9.18 Å². The molecule has 0 saturated heterocycles. The Morgan fingerprint density at radius 1 is 1.33 bits per heavy atom. The third kappa shape index (κ3) is 6.03. The fourth-order valence-electron chi connectivity index (χ4n) is 1.34. The van der Waals surface area contributed by atoms with Gasteiger partial charge in [0.2, 0.25) is 0 Å². The number of allylic oxidation sites excluding steroid dienone is 1. The quantitative estimate of drug-likeness (QED) is 0.829. The first-order valence-electron chi connectivity index (χ1n) is 6.03. The van der Waals surface area contributed by atoms with Gasteiger partial charge in [0, 0.05) is 12.7 Å². The van der Waals surface area contributed by atoms with Crippen molar-refractivity contribution in [3.05, 3.63) is 47.9 Å². The Morgan fingerprint density at radius 2 is 2.00 bits per heavy atom.